The molecule has 0 saturated carbocycles. The van der Waals surface area contributed by atoms with E-state index in [4.69, 9.17) is 5.11 Å². The van der Waals surface area contributed by atoms with Crippen LogP contribution in [0.2, 0.25) is 0 Å². The predicted molar refractivity (Wildman–Crippen MR) is 57.1 cm³/mol. The maximum absolute atomic E-state index is 12.8. The molecule has 1 aromatic carbocycles. The first kappa shape index (κ1) is 12.4. The number of fused-ring (bicyclic) bond motifs is 1. The van der Waals surface area contributed by atoms with E-state index in [9.17, 15) is 18.0 Å². The fourth-order valence-corrected chi connectivity index (χ4v) is 1.75. The molecular formula is C11H9F3N2O2. The van der Waals surface area contributed by atoms with Gasteiger partial charge >= 0.3 is 12.1 Å². The normalized spacial score (nSPS) is 13.8. The van der Waals surface area contributed by atoms with Gasteiger partial charge < -0.3 is 9.67 Å². The van der Waals surface area contributed by atoms with Crippen molar-refractivity contribution in [2.75, 3.05) is 0 Å². The fraction of sp³-hybridized carbons (Fsp3) is 0.273. The van der Waals surface area contributed by atoms with Crippen LogP contribution in [0.4, 0.5) is 13.2 Å². The standard InChI is InChI=1S/C11H9F3N2O2/c1-6(9(17)18)16-8-5-3-2-4-7(8)15-10(16)11(12,13)14/h2-6H,1H3,(H,17,18)/t6-/m1/s1. The third-order valence-electron chi connectivity index (χ3n) is 2.59. The smallest absolute Gasteiger partial charge is 0.449 e. The first-order valence-corrected chi connectivity index (χ1v) is 5.09. The molecule has 4 nitrogen and oxygen atoms in total. The molecule has 1 atom stereocenters. The zero-order valence-electron chi connectivity index (χ0n) is 9.27. The molecule has 0 radical (unpaired) electrons. The predicted octanol–water partition coefficient (Wildman–Crippen LogP) is 2.70. The van der Waals surface area contributed by atoms with Gasteiger partial charge in [0.2, 0.25) is 5.82 Å². The molecule has 2 aromatic rings. The van der Waals surface area contributed by atoms with E-state index >= 15 is 0 Å². The lowest BCUT2D eigenvalue weighted by Gasteiger charge is -2.14. The van der Waals surface area contributed by atoms with Gasteiger partial charge in [0.1, 0.15) is 6.04 Å². The Bertz CT molecular complexity index is 604. The molecule has 0 spiro atoms. The van der Waals surface area contributed by atoms with Gasteiger partial charge in [-0.2, -0.15) is 13.2 Å². The van der Waals surface area contributed by atoms with Crippen LogP contribution < -0.4 is 0 Å². The lowest BCUT2D eigenvalue weighted by molar-refractivity contribution is -0.150. The van der Waals surface area contributed by atoms with Crippen molar-refractivity contribution in [3.05, 3.63) is 30.1 Å². The summed E-state index contributed by atoms with van der Waals surface area (Å²) in [6, 6.07) is 4.57. The van der Waals surface area contributed by atoms with Crippen molar-refractivity contribution in [3.63, 3.8) is 0 Å². The van der Waals surface area contributed by atoms with E-state index in [2.05, 4.69) is 4.98 Å². The highest BCUT2D eigenvalue weighted by atomic mass is 19.4. The number of imidazole rings is 1. The third-order valence-corrected chi connectivity index (χ3v) is 2.59. The van der Waals surface area contributed by atoms with Crippen LogP contribution in [0.15, 0.2) is 24.3 Å². The number of para-hydroxylation sites is 2. The highest BCUT2D eigenvalue weighted by molar-refractivity contribution is 5.80. The molecule has 0 aliphatic heterocycles. The molecule has 1 N–H and O–H groups in total. The number of benzene rings is 1. The van der Waals surface area contributed by atoms with Crippen molar-refractivity contribution in [2.45, 2.75) is 19.1 Å². The molecule has 7 heteroatoms. The average molecular weight is 258 g/mol. The topological polar surface area (TPSA) is 55.1 Å². The lowest BCUT2D eigenvalue weighted by atomic mass is 10.2. The minimum Gasteiger partial charge on any atom is -0.480 e. The highest BCUT2D eigenvalue weighted by Gasteiger charge is 2.39. The number of nitrogens with zero attached hydrogens (tertiary/aromatic N) is 2. The Balaban J connectivity index is 2.77. The van der Waals surface area contributed by atoms with Crippen LogP contribution in [0.1, 0.15) is 18.8 Å². The number of aromatic nitrogens is 2. The molecule has 1 aromatic heterocycles. The molecule has 0 bridgehead atoms. The molecule has 0 aliphatic rings. The van der Waals surface area contributed by atoms with E-state index in [-0.39, 0.29) is 11.0 Å². The molecule has 0 saturated heterocycles. The van der Waals surface area contributed by atoms with Gasteiger partial charge in [0.25, 0.3) is 0 Å². The van der Waals surface area contributed by atoms with Gasteiger partial charge in [0, 0.05) is 0 Å². The Morgan fingerprint density at radius 2 is 2.00 bits per heavy atom. The Kier molecular flexibility index (Phi) is 2.76. The lowest BCUT2D eigenvalue weighted by Crippen LogP contribution is -2.22. The molecule has 1 heterocycles. The summed E-state index contributed by atoms with van der Waals surface area (Å²) in [6.07, 6.45) is -4.69. The number of aliphatic carboxylic acids is 1. The van der Waals surface area contributed by atoms with Gasteiger partial charge in [-0.15, -0.1) is 0 Å². The van der Waals surface area contributed by atoms with Crippen molar-refractivity contribution in [1.82, 2.24) is 9.55 Å². The van der Waals surface area contributed by atoms with Crippen molar-refractivity contribution in [2.24, 2.45) is 0 Å². The second kappa shape index (κ2) is 4.01. The first-order chi connectivity index (χ1) is 8.32. The number of hydrogen-bond donors (Lipinski definition) is 1. The van der Waals surface area contributed by atoms with Crippen LogP contribution in [-0.4, -0.2) is 20.6 Å². The quantitative estimate of drug-likeness (QED) is 0.901. The average Bonchev–Trinajstić information content (AvgIpc) is 2.66. The first-order valence-electron chi connectivity index (χ1n) is 5.09. The molecule has 96 valence electrons. The molecule has 0 aliphatic carbocycles. The summed E-state index contributed by atoms with van der Waals surface area (Å²) < 4.78 is 39.2. The monoisotopic (exact) mass is 258 g/mol. The zero-order chi connectivity index (χ0) is 13.5. The van der Waals surface area contributed by atoms with Crippen LogP contribution in [0.5, 0.6) is 0 Å². The second-order valence-electron chi connectivity index (χ2n) is 3.81. The number of carboxylic acids is 1. The van der Waals surface area contributed by atoms with Crippen molar-refractivity contribution in [1.29, 1.82) is 0 Å². The molecule has 0 fully saturated rings. The molecule has 2 rings (SSSR count). The number of hydrogen-bond acceptors (Lipinski definition) is 2. The number of alkyl halides is 3. The molecular weight excluding hydrogens is 249 g/mol. The summed E-state index contributed by atoms with van der Waals surface area (Å²) in [5, 5.41) is 8.89. The molecule has 0 amide bonds. The molecule has 0 unspecified atom stereocenters. The minimum atomic E-state index is -4.69. The maximum Gasteiger partial charge on any atom is 0.449 e. The van der Waals surface area contributed by atoms with Crippen LogP contribution in [0.25, 0.3) is 11.0 Å². The van der Waals surface area contributed by atoms with Gasteiger partial charge in [-0.25, -0.2) is 9.78 Å². The van der Waals surface area contributed by atoms with E-state index < -0.39 is 24.0 Å². The summed E-state index contributed by atoms with van der Waals surface area (Å²) in [5.74, 6) is -2.54. The van der Waals surface area contributed by atoms with Gasteiger partial charge in [0.05, 0.1) is 11.0 Å². The van der Waals surface area contributed by atoms with E-state index in [1.54, 1.807) is 6.07 Å². The third kappa shape index (κ3) is 1.92. The summed E-state index contributed by atoms with van der Waals surface area (Å²) in [5.41, 5.74) is 0.276. The Morgan fingerprint density at radius 3 is 2.56 bits per heavy atom. The Hall–Kier alpha value is -2.05. The Morgan fingerprint density at radius 1 is 1.39 bits per heavy atom. The van der Waals surface area contributed by atoms with E-state index in [0.717, 1.165) is 0 Å². The largest absolute Gasteiger partial charge is 0.480 e. The van der Waals surface area contributed by atoms with Crippen molar-refractivity contribution < 1.29 is 23.1 Å². The minimum absolute atomic E-state index is 0.123. The second-order valence-corrected chi connectivity index (χ2v) is 3.81. The van der Waals surface area contributed by atoms with Gasteiger partial charge in [-0.1, -0.05) is 12.1 Å². The Labute approximate surface area is 99.7 Å². The van der Waals surface area contributed by atoms with Crippen molar-refractivity contribution >= 4 is 17.0 Å². The van der Waals surface area contributed by atoms with Gasteiger partial charge in [-0.3, -0.25) is 0 Å². The number of halogens is 3. The van der Waals surface area contributed by atoms with Crippen LogP contribution >= 0.6 is 0 Å². The van der Waals surface area contributed by atoms with Gasteiger partial charge in [-0.05, 0) is 19.1 Å². The fourth-order valence-electron chi connectivity index (χ4n) is 1.75. The van der Waals surface area contributed by atoms with Crippen LogP contribution in [-0.2, 0) is 11.0 Å². The van der Waals surface area contributed by atoms with Crippen molar-refractivity contribution in [3.8, 4) is 0 Å². The van der Waals surface area contributed by atoms with Crippen LogP contribution in [0, 0.1) is 0 Å². The SMILES string of the molecule is C[C@H](C(=O)O)n1c(C(F)(F)F)nc2ccccc21. The summed E-state index contributed by atoms with van der Waals surface area (Å²) >= 11 is 0. The number of carboxylic acid groups (broad SMARTS) is 1. The van der Waals surface area contributed by atoms with Crippen LogP contribution in [0.3, 0.4) is 0 Å². The zero-order valence-corrected chi connectivity index (χ0v) is 9.27. The summed E-state index contributed by atoms with van der Waals surface area (Å²) in [6.45, 7) is 1.19. The number of rotatable bonds is 2. The summed E-state index contributed by atoms with van der Waals surface area (Å²) in [4.78, 5) is 14.4. The number of carbonyl (C=O) groups is 1. The summed E-state index contributed by atoms with van der Waals surface area (Å²) in [7, 11) is 0. The van der Waals surface area contributed by atoms with E-state index in [1.165, 1.54) is 25.1 Å². The van der Waals surface area contributed by atoms with Gasteiger partial charge in [0.15, 0.2) is 0 Å². The van der Waals surface area contributed by atoms with E-state index in [0.29, 0.717) is 4.57 Å². The maximum atomic E-state index is 12.8. The van der Waals surface area contributed by atoms with E-state index in [1.807, 2.05) is 0 Å². The molecule has 18 heavy (non-hydrogen) atoms. The highest BCUT2D eigenvalue weighted by Crippen LogP contribution is 2.33.